The summed E-state index contributed by atoms with van der Waals surface area (Å²) in [4.78, 5) is 0. The number of aliphatic hydroxyl groups is 1. The van der Waals surface area contributed by atoms with Crippen LogP contribution < -0.4 is 0 Å². The first-order chi connectivity index (χ1) is 14.8. The number of rotatable bonds is 6. The fourth-order valence-corrected chi connectivity index (χ4v) is 3.80. The summed E-state index contributed by atoms with van der Waals surface area (Å²) >= 11 is 1.78. The van der Waals surface area contributed by atoms with Crippen molar-refractivity contribution in [2.24, 2.45) is 0 Å². The average Bonchev–Trinajstić information content (AvgIpc) is 3.73. The minimum absolute atomic E-state index is 0.225. The summed E-state index contributed by atoms with van der Waals surface area (Å²) in [5.41, 5.74) is 3.82. The molecule has 2 unspecified atom stereocenters. The van der Waals surface area contributed by atoms with Gasteiger partial charge in [-0.05, 0) is 22.4 Å². The Morgan fingerprint density at radius 2 is 1.17 bits per heavy atom. The third kappa shape index (κ3) is 7.96. The van der Waals surface area contributed by atoms with Crippen molar-refractivity contribution < 1.29 is 14.6 Å². The van der Waals surface area contributed by atoms with Crippen LogP contribution in [-0.2, 0) is 9.47 Å². The predicted molar refractivity (Wildman–Crippen MR) is 125 cm³/mol. The van der Waals surface area contributed by atoms with Crippen LogP contribution in [0, 0.1) is 0 Å². The van der Waals surface area contributed by atoms with Crippen LogP contribution >= 0.6 is 11.8 Å². The van der Waals surface area contributed by atoms with E-state index in [0.29, 0.717) is 12.2 Å². The van der Waals surface area contributed by atoms with Crippen molar-refractivity contribution in [1.82, 2.24) is 0 Å². The second kappa shape index (κ2) is 12.6. The first kappa shape index (κ1) is 22.6. The van der Waals surface area contributed by atoms with Gasteiger partial charge in [-0.1, -0.05) is 97.9 Å². The van der Waals surface area contributed by atoms with E-state index in [-0.39, 0.29) is 11.9 Å². The van der Waals surface area contributed by atoms with Crippen LogP contribution in [0.3, 0.4) is 0 Å². The van der Waals surface area contributed by atoms with Crippen LogP contribution in [0.5, 0.6) is 0 Å². The van der Waals surface area contributed by atoms with E-state index in [1.807, 2.05) is 54.6 Å². The van der Waals surface area contributed by atoms with Crippen LogP contribution in [0.1, 0.15) is 41.1 Å². The lowest BCUT2D eigenvalue weighted by atomic mass is 10.2. The van der Waals surface area contributed by atoms with Gasteiger partial charge in [0.2, 0.25) is 0 Å². The molecule has 2 saturated heterocycles. The van der Waals surface area contributed by atoms with E-state index in [1.54, 1.807) is 11.8 Å². The molecule has 30 heavy (non-hydrogen) atoms. The number of thioether (sulfide) groups is 1. The van der Waals surface area contributed by atoms with Gasteiger partial charge in [0, 0.05) is 0 Å². The molecule has 0 radical (unpaired) electrons. The molecule has 0 bridgehead atoms. The van der Waals surface area contributed by atoms with Gasteiger partial charge >= 0.3 is 0 Å². The van der Waals surface area contributed by atoms with Gasteiger partial charge in [-0.2, -0.15) is 11.8 Å². The maximum Gasteiger partial charge on any atom is 0.106 e. The molecule has 2 fully saturated rings. The Kier molecular flexibility index (Phi) is 9.45. The van der Waals surface area contributed by atoms with Gasteiger partial charge in [0.05, 0.1) is 25.1 Å². The molecule has 5 rings (SSSR count). The van der Waals surface area contributed by atoms with Gasteiger partial charge in [-0.3, -0.25) is 0 Å². The molecule has 2 aliphatic heterocycles. The van der Waals surface area contributed by atoms with E-state index in [2.05, 4.69) is 43.3 Å². The number of epoxide rings is 2. The Labute approximate surface area is 184 Å². The highest BCUT2D eigenvalue weighted by Crippen LogP contribution is 2.29. The van der Waals surface area contributed by atoms with Gasteiger partial charge in [0.15, 0.2) is 0 Å². The molecule has 3 nitrogen and oxygen atoms in total. The summed E-state index contributed by atoms with van der Waals surface area (Å²) < 4.78 is 10.2. The smallest absolute Gasteiger partial charge is 0.106 e. The highest BCUT2D eigenvalue weighted by molar-refractivity contribution is 7.99. The van der Waals surface area contributed by atoms with E-state index < -0.39 is 0 Å². The molecule has 0 amide bonds. The maximum atomic E-state index is 9.09. The van der Waals surface area contributed by atoms with Crippen molar-refractivity contribution in [2.75, 3.05) is 25.6 Å². The molecule has 0 aliphatic carbocycles. The van der Waals surface area contributed by atoms with Crippen LogP contribution in [0.25, 0.3) is 0 Å². The summed E-state index contributed by atoms with van der Waals surface area (Å²) in [6, 6.07) is 30.7. The van der Waals surface area contributed by atoms with E-state index in [1.165, 1.54) is 16.7 Å². The maximum absolute atomic E-state index is 9.09. The van der Waals surface area contributed by atoms with Crippen molar-refractivity contribution >= 4 is 11.8 Å². The standard InChI is InChI=1S/C10H14OS.2C8H8O/c1-2-12-10(8-11)9-6-4-3-5-7-9;2*1-2-4-7(5-3-1)8-6-9-8/h3-7,10-11H,2,8H2,1H3;2*1-5,8H,6H2/t10-;;/m1../s1. The van der Waals surface area contributed by atoms with Crippen molar-refractivity contribution in [1.29, 1.82) is 0 Å². The van der Waals surface area contributed by atoms with Crippen LogP contribution in [0.15, 0.2) is 91.0 Å². The third-order valence-corrected chi connectivity index (χ3v) is 5.87. The Morgan fingerprint density at radius 3 is 1.50 bits per heavy atom. The van der Waals surface area contributed by atoms with Gasteiger partial charge in [-0.25, -0.2) is 0 Å². The van der Waals surface area contributed by atoms with Gasteiger partial charge < -0.3 is 14.6 Å². The van der Waals surface area contributed by atoms with E-state index in [0.717, 1.165) is 19.0 Å². The molecule has 2 heterocycles. The second-order valence-electron chi connectivity index (χ2n) is 7.00. The first-order valence-corrected chi connectivity index (χ1v) is 11.5. The number of aliphatic hydroxyl groups excluding tert-OH is 1. The van der Waals surface area contributed by atoms with Gasteiger partial charge in [0.25, 0.3) is 0 Å². The summed E-state index contributed by atoms with van der Waals surface area (Å²) in [7, 11) is 0. The molecule has 4 heteroatoms. The molecule has 3 atom stereocenters. The lowest BCUT2D eigenvalue weighted by Gasteiger charge is -2.12. The molecule has 3 aromatic rings. The zero-order chi connectivity index (χ0) is 21.0. The molecule has 0 aromatic heterocycles. The lowest BCUT2D eigenvalue weighted by molar-refractivity contribution is 0.296. The van der Waals surface area contributed by atoms with Crippen molar-refractivity contribution in [3.05, 3.63) is 108 Å². The molecular weight excluding hydrogens is 392 g/mol. The largest absolute Gasteiger partial charge is 0.395 e. The first-order valence-electron chi connectivity index (χ1n) is 10.4. The van der Waals surface area contributed by atoms with Crippen molar-refractivity contribution in [3.8, 4) is 0 Å². The van der Waals surface area contributed by atoms with Crippen molar-refractivity contribution in [2.45, 2.75) is 24.4 Å². The third-order valence-electron chi connectivity index (χ3n) is 4.71. The molecular formula is C26H30O3S. The number of hydrogen-bond acceptors (Lipinski definition) is 4. The fourth-order valence-electron chi connectivity index (χ4n) is 2.94. The topological polar surface area (TPSA) is 45.3 Å². The average molecular weight is 423 g/mol. The lowest BCUT2D eigenvalue weighted by Crippen LogP contribution is -1.99. The number of ether oxygens (including phenoxy) is 2. The van der Waals surface area contributed by atoms with Crippen molar-refractivity contribution in [3.63, 3.8) is 0 Å². The monoisotopic (exact) mass is 422 g/mol. The number of benzene rings is 3. The normalized spacial score (nSPS) is 19.4. The van der Waals surface area contributed by atoms with E-state index >= 15 is 0 Å². The molecule has 0 saturated carbocycles. The Balaban J connectivity index is 0.000000130. The Morgan fingerprint density at radius 1 is 0.767 bits per heavy atom. The Bertz CT molecular complexity index is 771. The molecule has 2 aliphatic rings. The van der Waals surface area contributed by atoms with Gasteiger partial charge in [-0.15, -0.1) is 0 Å². The second-order valence-corrected chi connectivity index (χ2v) is 8.48. The highest BCUT2D eigenvalue weighted by atomic mass is 32.2. The summed E-state index contributed by atoms with van der Waals surface area (Å²) in [5, 5.41) is 9.34. The highest BCUT2D eigenvalue weighted by Gasteiger charge is 2.24. The summed E-state index contributed by atoms with van der Waals surface area (Å²) in [6.45, 7) is 4.15. The predicted octanol–water partition coefficient (Wildman–Crippen LogP) is 5.99. The summed E-state index contributed by atoms with van der Waals surface area (Å²) in [5.74, 6) is 1.04. The molecule has 158 valence electrons. The quantitative estimate of drug-likeness (QED) is 0.496. The molecule has 1 N–H and O–H groups in total. The Hall–Kier alpha value is -2.11. The van der Waals surface area contributed by atoms with Crippen LogP contribution in [-0.4, -0.2) is 30.7 Å². The molecule has 3 aromatic carbocycles. The SMILES string of the molecule is CCS[C@H](CO)c1ccccc1.c1ccc(C2CO2)cc1.c1ccc(C2CO2)cc1. The minimum Gasteiger partial charge on any atom is -0.395 e. The molecule has 0 spiro atoms. The summed E-state index contributed by atoms with van der Waals surface area (Å²) in [6.07, 6.45) is 0.817. The van der Waals surface area contributed by atoms with E-state index in [9.17, 15) is 0 Å². The number of hydrogen-bond donors (Lipinski definition) is 1. The fraction of sp³-hybridized carbons (Fsp3) is 0.308. The zero-order valence-electron chi connectivity index (χ0n) is 17.4. The zero-order valence-corrected chi connectivity index (χ0v) is 18.2. The minimum atomic E-state index is 0.225. The van der Waals surface area contributed by atoms with Crippen LogP contribution in [0.2, 0.25) is 0 Å². The van der Waals surface area contributed by atoms with Crippen LogP contribution in [0.4, 0.5) is 0 Å². The van der Waals surface area contributed by atoms with Gasteiger partial charge in [0.1, 0.15) is 12.2 Å². The van der Waals surface area contributed by atoms with E-state index in [4.69, 9.17) is 14.6 Å².